The minimum absolute atomic E-state index is 0.141. The minimum Gasteiger partial charge on any atom is -0.496 e. The predicted molar refractivity (Wildman–Crippen MR) is 97.3 cm³/mol. The topological polar surface area (TPSA) is 41.6 Å². The number of fused-ring (bicyclic) bond motifs is 1. The van der Waals surface area contributed by atoms with Gasteiger partial charge in [-0.25, -0.2) is 4.39 Å². The fourth-order valence-electron chi connectivity index (χ4n) is 4.22. The first-order valence-electron chi connectivity index (χ1n) is 8.99. The Labute approximate surface area is 153 Å². The van der Waals surface area contributed by atoms with E-state index < -0.39 is 0 Å². The van der Waals surface area contributed by atoms with Gasteiger partial charge in [0.25, 0.3) is 0 Å². The molecule has 2 heterocycles. The molecule has 0 bridgehead atoms. The number of methoxy groups -OCH3 is 1. The van der Waals surface area contributed by atoms with Gasteiger partial charge in [-0.2, -0.15) is 0 Å². The van der Waals surface area contributed by atoms with E-state index in [2.05, 4.69) is 22.3 Å². The summed E-state index contributed by atoms with van der Waals surface area (Å²) in [5.74, 6) is 0.395. The molecular weight excluding hydrogens is 331 g/mol. The summed E-state index contributed by atoms with van der Waals surface area (Å²) in [7, 11) is 1.55. The molecule has 1 unspecified atom stereocenters. The van der Waals surface area contributed by atoms with Gasteiger partial charge in [-0.3, -0.25) is 9.69 Å². The van der Waals surface area contributed by atoms with E-state index in [1.54, 1.807) is 13.2 Å². The Balaban J connectivity index is 1.55. The van der Waals surface area contributed by atoms with E-state index in [1.165, 1.54) is 23.3 Å². The third kappa shape index (κ3) is 3.07. The van der Waals surface area contributed by atoms with E-state index in [9.17, 15) is 9.18 Å². The van der Waals surface area contributed by atoms with Crippen LogP contribution in [0.4, 0.5) is 4.39 Å². The summed E-state index contributed by atoms with van der Waals surface area (Å²) in [5, 5.41) is 3.11. The normalized spacial score (nSPS) is 22.8. The molecule has 5 heteroatoms. The smallest absolute Gasteiger partial charge is 0.228 e. The average Bonchev–Trinajstić information content (AvgIpc) is 2.99. The van der Waals surface area contributed by atoms with Crippen LogP contribution in [0.3, 0.4) is 0 Å². The Morgan fingerprint density at radius 2 is 2.04 bits per heavy atom. The fourth-order valence-corrected chi connectivity index (χ4v) is 4.22. The Bertz CT molecular complexity index is 839. The van der Waals surface area contributed by atoms with E-state index in [0.29, 0.717) is 25.4 Å². The maximum absolute atomic E-state index is 13.4. The summed E-state index contributed by atoms with van der Waals surface area (Å²) >= 11 is 0. The number of carbonyl (C=O) groups is 1. The molecule has 0 aromatic heterocycles. The Morgan fingerprint density at radius 1 is 1.23 bits per heavy atom. The Morgan fingerprint density at radius 3 is 2.85 bits per heavy atom. The molecule has 136 valence electrons. The lowest BCUT2D eigenvalue weighted by molar-refractivity contribution is -0.130. The second-order valence-corrected chi connectivity index (χ2v) is 7.33. The zero-order valence-corrected chi connectivity index (χ0v) is 14.9. The Kier molecular flexibility index (Phi) is 4.41. The summed E-state index contributed by atoms with van der Waals surface area (Å²) in [6.45, 7) is 2.80. The minimum atomic E-state index is -0.389. The second kappa shape index (κ2) is 6.72. The number of hydrogen-bond acceptors (Lipinski definition) is 3. The van der Waals surface area contributed by atoms with Crippen molar-refractivity contribution in [3.05, 3.63) is 65.0 Å². The van der Waals surface area contributed by atoms with Crippen molar-refractivity contribution >= 4 is 5.91 Å². The molecule has 4 rings (SSSR count). The van der Waals surface area contributed by atoms with Crippen molar-refractivity contribution in [3.63, 3.8) is 0 Å². The maximum Gasteiger partial charge on any atom is 0.228 e. The molecule has 0 saturated carbocycles. The quantitative estimate of drug-likeness (QED) is 0.922. The second-order valence-electron chi connectivity index (χ2n) is 7.33. The first-order chi connectivity index (χ1) is 12.6. The lowest BCUT2D eigenvalue weighted by Crippen LogP contribution is -2.42. The summed E-state index contributed by atoms with van der Waals surface area (Å²) in [4.78, 5) is 15.1. The van der Waals surface area contributed by atoms with E-state index >= 15 is 0 Å². The van der Waals surface area contributed by atoms with E-state index in [1.807, 2.05) is 12.1 Å². The van der Waals surface area contributed by atoms with Crippen molar-refractivity contribution < 1.29 is 13.9 Å². The zero-order valence-electron chi connectivity index (χ0n) is 14.9. The third-order valence-corrected chi connectivity index (χ3v) is 5.64. The number of halogens is 1. The van der Waals surface area contributed by atoms with Crippen LogP contribution in [0, 0.1) is 11.2 Å². The first kappa shape index (κ1) is 17.0. The molecule has 0 radical (unpaired) electrons. The molecule has 1 amide bonds. The zero-order chi connectivity index (χ0) is 18.1. The van der Waals surface area contributed by atoms with Crippen LogP contribution in [0.15, 0.2) is 42.5 Å². The average molecular weight is 354 g/mol. The number of nitrogens with one attached hydrogen (secondary N) is 1. The van der Waals surface area contributed by atoms with Crippen LogP contribution in [0.2, 0.25) is 0 Å². The molecule has 2 aromatic rings. The van der Waals surface area contributed by atoms with E-state index in [-0.39, 0.29) is 17.1 Å². The van der Waals surface area contributed by atoms with Crippen molar-refractivity contribution in [1.82, 2.24) is 10.2 Å². The number of hydrogen-bond donors (Lipinski definition) is 1. The van der Waals surface area contributed by atoms with Crippen LogP contribution in [-0.2, 0) is 24.3 Å². The van der Waals surface area contributed by atoms with Gasteiger partial charge in [0.15, 0.2) is 0 Å². The number of nitrogens with zero attached hydrogens (tertiary/aromatic N) is 1. The molecule has 2 aliphatic heterocycles. The van der Waals surface area contributed by atoms with Crippen molar-refractivity contribution in [1.29, 1.82) is 0 Å². The van der Waals surface area contributed by atoms with Gasteiger partial charge in [-0.15, -0.1) is 0 Å². The molecule has 2 aromatic carbocycles. The van der Waals surface area contributed by atoms with Gasteiger partial charge in [-0.1, -0.05) is 30.3 Å². The summed E-state index contributed by atoms with van der Waals surface area (Å²) in [5.41, 5.74) is 3.02. The molecule has 1 fully saturated rings. The predicted octanol–water partition coefficient (Wildman–Crippen LogP) is 2.90. The highest BCUT2D eigenvalue weighted by Gasteiger charge is 2.45. The number of rotatable bonds is 3. The van der Waals surface area contributed by atoms with Crippen molar-refractivity contribution in [2.24, 2.45) is 5.41 Å². The highest BCUT2D eigenvalue weighted by atomic mass is 19.1. The van der Waals surface area contributed by atoms with Gasteiger partial charge in [0, 0.05) is 31.3 Å². The standard InChI is InChI=1S/C21H23FN2O2/c1-26-19-10-18(22)7-6-17(19)13-24-9-8-21(14-24)11-15-4-2-3-5-16(15)12-23-20(21)25/h2-7,10H,8-9,11-14H2,1H3,(H,23,25). The van der Waals surface area contributed by atoms with Crippen LogP contribution < -0.4 is 10.1 Å². The molecule has 0 aliphatic carbocycles. The lowest BCUT2D eigenvalue weighted by atomic mass is 9.80. The van der Waals surface area contributed by atoms with Crippen molar-refractivity contribution in [2.75, 3.05) is 20.2 Å². The van der Waals surface area contributed by atoms with E-state index in [0.717, 1.165) is 24.9 Å². The van der Waals surface area contributed by atoms with Crippen LogP contribution in [0.5, 0.6) is 5.75 Å². The molecule has 1 atom stereocenters. The SMILES string of the molecule is COc1cc(F)ccc1CN1CCC2(Cc3ccccc3CNC2=O)C1. The monoisotopic (exact) mass is 354 g/mol. The number of benzene rings is 2. The summed E-state index contributed by atoms with van der Waals surface area (Å²) in [6, 6.07) is 12.9. The largest absolute Gasteiger partial charge is 0.496 e. The van der Waals surface area contributed by atoms with Crippen LogP contribution in [-0.4, -0.2) is 31.0 Å². The van der Waals surface area contributed by atoms with Crippen LogP contribution in [0.1, 0.15) is 23.1 Å². The van der Waals surface area contributed by atoms with Gasteiger partial charge < -0.3 is 10.1 Å². The molecule has 1 spiro atoms. The fraction of sp³-hybridized carbons (Fsp3) is 0.381. The highest BCUT2D eigenvalue weighted by Crippen LogP contribution is 2.38. The Hall–Kier alpha value is -2.40. The van der Waals surface area contributed by atoms with Gasteiger partial charge in [0.1, 0.15) is 11.6 Å². The highest BCUT2D eigenvalue weighted by molar-refractivity contribution is 5.84. The molecule has 1 saturated heterocycles. The van der Waals surface area contributed by atoms with Gasteiger partial charge in [0.05, 0.1) is 12.5 Å². The van der Waals surface area contributed by atoms with Gasteiger partial charge in [0.2, 0.25) is 5.91 Å². The van der Waals surface area contributed by atoms with Crippen molar-refractivity contribution in [3.8, 4) is 5.75 Å². The molecule has 26 heavy (non-hydrogen) atoms. The number of ether oxygens (including phenoxy) is 1. The number of amides is 1. The maximum atomic E-state index is 13.4. The van der Waals surface area contributed by atoms with Crippen molar-refractivity contribution in [2.45, 2.75) is 25.9 Å². The lowest BCUT2D eigenvalue weighted by Gasteiger charge is -2.26. The first-order valence-corrected chi connectivity index (χ1v) is 8.99. The summed E-state index contributed by atoms with van der Waals surface area (Å²) < 4.78 is 18.7. The van der Waals surface area contributed by atoms with Crippen LogP contribution >= 0.6 is 0 Å². The molecule has 1 N–H and O–H groups in total. The van der Waals surface area contributed by atoms with Gasteiger partial charge >= 0.3 is 0 Å². The third-order valence-electron chi connectivity index (χ3n) is 5.64. The van der Waals surface area contributed by atoms with Gasteiger partial charge in [-0.05, 0) is 36.6 Å². The summed E-state index contributed by atoms with van der Waals surface area (Å²) in [6.07, 6.45) is 1.60. The molecule has 4 nitrogen and oxygen atoms in total. The van der Waals surface area contributed by atoms with E-state index in [4.69, 9.17) is 4.74 Å². The molecular formula is C21H23FN2O2. The molecule has 2 aliphatic rings. The number of carbonyl (C=O) groups excluding carboxylic acids is 1. The van der Waals surface area contributed by atoms with Crippen LogP contribution in [0.25, 0.3) is 0 Å². The number of likely N-dealkylation sites (tertiary alicyclic amines) is 1.